The summed E-state index contributed by atoms with van der Waals surface area (Å²) in [6, 6.07) is -3.66. The maximum atomic E-state index is 12.4. The lowest BCUT2D eigenvalue weighted by Gasteiger charge is -2.20. The third-order valence-corrected chi connectivity index (χ3v) is 7.98. The molecule has 0 aliphatic carbocycles. The van der Waals surface area contributed by atoms with Crippen LogP contribution >= 0.6 is 0 Å². The van der Waals surface area contributed by atoms with Crippen LogP contribution in [0.1, 0.15) is 53.9 Å². The van der Waals surface area contributed by atoms with E-state index in [1.807, 2.05) is 20.8 Å². The number of aliphatic carboxylic acids is 1. The predicted molar refractivity (Wildman–Crippen MR) is 233 cm³/mol. The van der Waals surface area contributed by atoms with Crippen molar-refractivity contribution in [3.63, 3.8) is 0 Å². The first-order valence-electron chi connectivity index (χ1n) is 22.2. The maximum absolute atomic E-state index is 12.4. The number of carbonyl (C=O) groups excluding carboxylic acids is 5. The van der Waals surface area contributed by atoms with E-state index in [9.17, 15) is 28.8 Å². The summed E-state index contributed by atoms with van der Waals surface area (Å²) < 4.78 is 70.6. The van der Waals surface area contributed by atoms with Crippen molar-refractivity contribution in [3.8, 4) is 0 Å². The molecule has 0 rings (SSSR count). The molecule has 3 atom stereocenters. The molecule has 66 heavy (non-hydrogen) atoms. The molecule has 0 aromatic carbocycles. The summed E-state index contributed by atoms with van der Waals surface area (Å²) in [4.78, 5) is 70.5. The Morgan fingerprint density at radius 1 is 0.439 bits per heavy atom. The van der Waals surface area contributed by atoms with Gasteiger partial charge in [-0.1, -0.05) is 0 Å². The predicted octanol–water partition coefficient (Wildman–Crippen LogP) is -1.24. The standard InChI is InChI=1S/C42H78N4O20/c1-33(39(50)45-34(2)40(51)46-35(41(52)53)32-36(43)47)44-37(48)6-8-54-10-12-56-14-16-58-18-20-60-22-24-62-26-28-64-30-31-65-29-27-63-25-23-61-21-19-59-17-15-57-13-11-55-9-7-38(49)66-42(3,4)5/h33-35H,6-32H2,1-5H3,(H2,43,47)(H,44,48)(H,45,50)(H,46,51)(H,52,53)/t33-,34-,35-/m0/s1. The summed E-state index contributed by atoms with van der Waals surface area (Å²) in [6.45, 7) is 17.8. The van der Waals surface area contributed by atoms with Gasteiger partial charge in [-0.05, 0) is 34.6 Å². The fourth-order valence-electron chi connectivity index (χ4n) is 4.72. The molecule has 0 aromatic heterocycles. The van der Waals surface area contributed by atoms with Crippen molar-refractivity contribution in [1.82, 2.24) is 16.0 Å². The number of carbonyl (C=O) groups is 6. The molecule has 24 nitrogen and oxygen atoms in total. The summed E-state index contributed by atoms with van der Waals surface area (Å²) in [7, 11) is 0. The molecule has 0 heterocycles. The van der Waals surface area contributed by atoms with Gasteiger partial charge in [0.05, 0.1) is 171 Å². The second kappa shape index (κ2) is 42.7. The summed E-state index contributed by atoms with van der Waals surface area (Å²) in [5, 5.41) is 16.1. The smallest absolute Gasteiger partial charge is 0.326 e. The van der Waals surface area contributed by atoms with Crippen molar-refractivity contribution < 1.29 is 95.5 Å². The largest absolute Gasteiger partial charge is 0.480 e. The molecule has 0 spiro atoms. The minimum Gasteiger partial charge on any atom is -0.480 e. The Hall–Kier alpha value is -3.66. The van der Waals surface area contributed by atoms with Gasteiger partial charge in [-0.3, -0.25) is 24.0 Å². The van der Waals surface area contributed by atoms with E-state index in [2.05, 4.69) is 16.0 Å². The van der Waals surface area contributed by atoms with Gasteiger partial charge in [0.1, 0.15) is 23.7 Å². The van der Waals surface area contributed by atoms with Crippen molar-refractivity contribution >= 4 is 35.6 Å². The van der Waals surface area contributed by atoms with Gasteiger partial charge in [-0.25, -0.2) is 4.79 Å². The van der Waals surface area contributed by atoms with E-state index < -0.39 is 59.7 Å². The van der Waals surface area contributed by atoms with Gasteiger partial charge in [-0.15, -0.1) is 0 Å². The minimum absolute atomic E-state index is 0.0189. The van der Waals surface area contributed by atoms with E-state index in [-0.39, 0.29) is 32.0 Å². The SMILES string of the molecule is C[C@H](NC(=O)CCOCCOCCOCCOCCOCCOCCOCCOCCOCCOCCOCCOCCC(=O)OC(C)(C)C)C(=O)N[C@@H](C)C(=O)N[C@@H](CC(N)=O)C(=O)O. The van der Waals surface area contributed by atoms with Crippen molar-refractivity contribution in [2.24, 2.45) is 5.73 Å². The number of nitrogens with two attached hydrogens (primary N) is 1. The fourth-order valence-corrected chi connectivity index (χ4v) is 4.72. The monoisotopic (exact) mass is 959 g/mol. The van der Waals surface area contributed by atoms with Crippen LogP contribution in [0.4, 0.5) is 0 Å². The van der Waals surface area contributed by atoms with E-state index in [0.717, 1.165) is 0 Å². The molecular formula is C42H78N4O20. The Balaban J connectivity index is 3.39. The lowest BCUT2D eigenvalue weighted by atomic mass is 10.1. The Bertz CT molecular complexity index is 1280. The first-order chi connectivity index (χ1) is 31.6. The van der Waals surface area contributed by atoms with Crippen LogP contribution in [0.2, 0.25) is 0 Å². The lowest BCUT2D eigenvalue weighted by Crippen LogP contribution is -2.54. The Kier molecular flexibility index (Phi) is 40.3. The molecule has 0 unspecified atom stereocenters. The highest BCUT2D eigenvalue weighted by molar-refractivity contribution is 5.94. The van der Waals surface area contributed by atoms with E-state index in [1.54, 1.807) is 0 Å². The molecule has 0 saturated carbocycles. The highest BCUT2D eigenvalue weighted by atomic mass is 16.6. The lowest BCUT2D eigenvalue weighted by molar-refractivity contribution is -0.156. The van der Waals surface area contributed by atoms with Crippen molar-refractivity contribution in [2.75, 3.05) is 159 Å². The number of hydrogen-bond acceptors (Lipinski definition) is 19. The number of primary amides is 1. The number of carboxylic acid groups (broad SMARTS) is 1. The normalized spacial score (nSPS) is 12.9. The van der Waals surface area contributed by atoms with Crippen LogP contribution in [0, 0.1) is 0 Å². The molecule has 0 fully saturated rings. The Labute approximate surface area is 388 Å². The fraction of sp³-hybridized carbons (Fsp3) is 0.857. The van der Waals surface area contributed by atoms with Gasteiger partial charge >= 0.3 is 11.9 Å². The van der Waals surface area contributed by atoms with Gasteiger partial charge < -0.3 is 88.4 Å². The van der Waals surface area contributed by atoms with Gasteiger partial charge in [0, 0.05) is 6.42 Å². The number of rotatable bonds is 47. The number of nitrogens with one attached hydrogen (secondary N) is 3. The molecule has 386 valence electrons. The number of ether oxygens (including phenoxy) is 13. The highest BCUT2D eigenvalue weighted by Crippen LogP contribution is 2.08. The van der Waals surface area contributed by atoms with Gasteiger partial charge in [-0.2, -0.15) is 0 Å². The van der Waals surface area contributed by atoms with Gasteiger partial charge in [0.25, 0.3) is 0 Å². The van der Waals surface area contributed by atoms with E-state index in [1.165, 1.54) is 13.8 Å². The second-order valence-electron chi connectivity index (χ2n) is 15.0. The van der Waals surface area contributed by atoms with E-state index in [4.69, 9.17) is 72.4 Å². The summed E-state index contributed by atoms with van der Waals surface area (Å²) in [5.41, 5.74) is 4.50. The zero-order valence-electron chi connectivity index (χ0n) is 39.6. The number of amides is 4. The Morgan fingerprint density at radius 3 is 1.00 bits per heavy atom. The highest BCUT2D eigenvalue weighted by Gasteiger charge is 2.26. The number of esters is 1. The summed E-state index contributed by atoms with van der Waals surface area (Å²) in [5.74, 6) is -4.61. The molecule has 0 radical (unpaired) electrons. The summed E-state index contributed by atoms with van der Waals surface area (Å²) in [6.07, 6.45) is -0.413. The number of hydrogen-bond donors (Lipinski definition) is 5. The molecule has 4 amide bonds. The van der Waals surface area contributed by atoms with Gasteiger partial charge in [0.2, 0.25) is 23.6 Å². The van der Waals surface area contributed by atoms with Crippen LogP contribution in [0.15, 0.2) is 0 Å². The zero-order valence-corrected chi connectivity index (χ0v) is 39.6. The van der Waals surface area contributed by atoms with Crippen molar-refractivity contribution in [3.05, 3.63) is 0 Å². The molecule has 0 saturated heterocycles. The molecular weight excluding hydrogens is 880 g/mol. The first-order valence-corrected chi connectivity index (χ1v) is 22.2. The van der Waals surface area contributed by atoms with Crippen molar-refractivity contribution in [2.45, 2.75) is 77.6 Å². The van der Waals surface area contributed by atoms with E-state index >= 15 is 0 Å². The van der Waals surface area contributed by atoms with Crippen LogP contribution in [-0.2, 0) is 90.3 Å². The van der Waals surface area contributed by atoms with Crippen LogP contribution < -0.4 is 21.7 Å². The topological polar surface area (TPSA) is 305 Å². The molecule has 24 heteroatoms. The average molecular weight is 959 g/mol. The zero-order chi connectivity index (χ0) is 49.1. The first kappa shape index (κ1) is 62.3. The Morgan fingerprint density at radius 2 is 0.712 bits per heavy atom. The maximum Gasteiger partial charge on any atom is 0.326 e. The quantitative estimate of drug-likeness (QED) is 0.0352. The molecule has 0 aliphatic heterocycles. The van der Waals surface area contributed by atoms with Crippen LogP contribution in [0.5, 0.6) is 0 Å². The molecule has 0 bridgehead atoms. The van der Waals surface area contributed by atoms with Crippen LogP contribution in [0.3, 0.4) is 0 Å². The second-order valence-corrected chi connectivity index (χ2v) is 15.0. The van der Waals surface area contributed by atoms with Gasteiger partial charge in [0.15, 0.2) is 0 Å². The molecule has 0 aliphatic rings. The van der Waals surface area contributed by atoms with E-state index in [0.29, 0.717) is 145 Å². The average Bonchev–Trinajstić information content (AvgIpc) is 3.24. The molecule has 0 aromatic rings. The third-order valence-electron chi connectivity index (χ3n) is 7.98. The van der Waals surface area contributed by atoms with Crippen LogP contribution in [-0.4, -0.2) is 223 Å². The minimum atomic E-state index is -1.54. The molecule has 6 N–H and O–H groups in total. The van der Waals surface area contributed by atoms with Crippen molar-refractivity contribution in [1.29, 1.82) is 0 Å². The summed E-state index contributed by atoms with van der Waals surface area (Å²) >= 11 is 0. The third kappa shape index (κ3) is 42.9. The number of carboxylic acids is 1. The van der Waals surface area contributed by atoms with Crippen LogP contribution in [0.25, 0.3) is 0 Å².